The number of benzene rings is 1. The zero-order chi connectivity index (χ0) is 32.1. The predicted molar refractivity (Wildman–Crippen MR) is 174 cm³/mol. The number of fused-ring (bicyclic) bond motifs is 3. The average Bonchev–Trinajstić information content (AvgIpc) is 3.28. The summed E-state index contributed by atoms with van der Waals surface area (Å²) < 4.78 is 36.4. The van der Waals surface area contributed by atoms with Crippen molar-refractivity contribution in [1.29, 1.82) is 0 Å². The average molecular weight is 633 g/mol. The van der Waals surface area contributed by atoms with Gasteiger partial charge in [0.25, 0.3) is 0 Å². The Hall–Kier alpha value is -3.77. The van der Waals surface area contributed by atoms with Crippen molar-refractivity contribution >= 4 is 27.9 Å². The molecule has 246 valence electrons. The standard InChI is InChI=1S/C35H44N4O7/c1-35(2,3)46-34(40)39-22-28(23-39)44-16-14-42-12-11-41-13-15-43-26-18-27(19-26)45-33-8-6-25(20-37-33)24-5-7-29-30-21-36-10-9-31(30)38(4)32(29)17-24/h5-10,17,20-21,26-28H,11-16,18-19,22-23H2,1-4H3/t26-,27-. The Morgan fingerprint density at radius 1 is 0.804 bits per heavy atom. The van der Waals surface area contributed by atoms with Crippen molar-refractivity contribution in [1.82, 2.24) is 19.4 Å². The first-order valence-electron chi connectivity index (χ1n) is 16.1. The molecule has 6 rings (SSSR count). The maximum Gasteiger partial charge on any atom is 0.410 e. The van der Waals surface area contributed by atoms with Crippen LogP contribution in [0, 0.1) is 0 Å². The summed E-state index contributed by atoms with van der Waals surface area (Å²) in [6.45, 7) is 9.73. The van der Waals surface area contributed by atoms with E-state index in [4.69, 9.17) is 28.4 Å². The summed E-state index contributed by atoms with van der Waals surface area (Å²) in [6.07, 6.45) is 7.35. The van der Waals surface area contributed by atoms with Crippen LogP contribution in [-0.4, -0.2) is 102 Å². The number of aryl methyl sites for hydroxylation is 1. The van der Waals surface area contributed by atoms with Crippen LogP contribution in [0.1, 0.15) is 33.6 Å². The number of aromatic nitrogens is 3. The molecule has 4 heterocycles. The van der Waals surface area contributed by atoms with Gasteiger partial charge in [-0.25, -0.2) is 9.78 Å². The molecule has 0 radical (unpaired) electrons. The molecule has 11 nitrogen and oxygen atoms in total. The second kappa shape index (κ2) is 14.3. The number of ether oxygens (including phenoxy) is 6. The summed E-state index contributed by atoms with van der Waals surface area (Å²) in [5.74, 6) is 0.633. The van der Waals surface area contributed by atoms with E-state index in [1.807, 2.05) is 51.5 Å². The van der Waals surface area contributed by atoms with Crippen molar-refractivity contribution in [2.24, 2.45) is 7.05 Å². The SMILES string of the molecule is Cn1c2ccncc2c2ccc(-c3ccc(O[C@H]4C[C@H](OCCOCCOCCOC5CN(C(=O)OC(C)(C)C)C5)C4)nc3)cc21. The minimum atomic E-state index is -0.483. The van der Waals surface area contributed by atoms with Crippen LogP contribution >= 0.6 is 0 Å². The molecule has 2 aliphatic rings. The van der Waals surface area contributed by atoms with Gasteiger partial charge in [0.1, 0.15) is 11.7 Å². The van der Waals surface area contributed by atoms with Crippen molar-refractivity contribution in [3.05, 3.63) is 55.0 Å². The molecule has 1 aromatic carbocycles. The summed E-state index contributed by atoms with van der Waals surface area (Å²) in [5, 5.41) is 2.36. The predicted octanol–water partition coefficient (Wildman–Crippen LogP) is 5.38. The molecule has 46 heavy (non-hydrogen) atoms. The second-order valence-electron chi connectivity index (χ2n) is 12.9. The molecule has 0 spiro atoms. The van der Waals surface area contributed by atoms with E-state index >= 15 is 0 Å². The van der Waals surface area contributed by atoms with Gasteiger partial charge in [-0.05, 0) is 44.5 Å². The molecule has 0 atom stereocenters. The molecule has 1 aliphatic heterocycles. The quantitative estimate of drug-likeness (QED) is 0.169. The Bertz CT molecular complexity index is 1610. The molecule has 2 fully saturated rings. The van der Waals surface area contributed by atoms with Crippen LogP contribution < -0.4 is 4.74 Å². The minimum absolute atomic E-state index is 0.0407. The van der Waals surface area contributed by atoms with E-state index in [0.29, 0.717) is 58.6 Å². The lowest BCUT2D eigenvalue weighted by molar-refractivity contribution is -0.0853. The van der Waals surface area contributed by atoms with Gasteiger partial charge in [0.2, 0.25) is 5.88 Å². The number of likely N-dealkylation sites (tertiary alicyclic amines) is 1. The van der Waals surface area contributed by atoms with E-state index in [0.717, 1.165) is 29.4 Å². The highest BCUT2D eigenvalue weighted by Gasteiger charge is 2.34. The van der Waals surface area contributed by atoms with Gasteiger partial charge in [-0.1, -0.05) is 12.1 Å². The van der Waals surface area contributed by atoms with Gasteiger partial charge in [-0.15, -0.1) is 0 Å². The highest BCUT2D eigenvalue weighted by Crippen LogP contribution is 2.32. The van der Waals surface area contributed by atoms with Gasteiger partial charge in [-0.2, -0.15) is 0 Å². The van der Waals surface area contributed by atoms with Gasteiger partial charge in [0.05, 0.1) is 70.5 Å². The Labute approximate surface area is 269 Å². The fraction of sp³-hybridized carbons (Fsp3) is 0.514. The third kappa shape index (κ3) is 7.95. The topological polar surface area (TPSA) is 106 Å². The molecule has 0 bridgehead atoms. The summed E-state index contributed by atoms with van der Waals surface area (Å²) in [6, 6.07) is 12.5. The first kappa shape index (κ1) is 32.2. The second-order valence-corrected chi connectivity index (χ2v) is 12.9. The van der Waals surface area contributed by atoms with Crippen LogP contribution in [0.4, 0.5) is 4.79 Å². The third-order valence-corrected chi connectivity index (χ3v) is 8.25. The maximum absolute atomic E-state index is 11.9. The van der Waals surface area contributed by atoms with Crippen LogP contribution in [0.5, 0.6) is 5.88 Å². The lowest BCUT2D eigenvalue weighted by Crippen LogP contribution is -2.56. The first-order chi connectivity index (χ1) is 22.2. The Morgan fingerprint density at radius 2 is 1.50 bits per heavy atom. The number of carbonyl (C=O) groups is 1. The Balaban J connectivity index is 0.792. The molecule has 0 unspecified atom stereocenters. The largest absolute Gasteiger partial charge is 0.474 e. The van der Waals surface area contributed by atoms with E-state index in [1.54, 1.807) is 4.90 Å². The molecule has 4 aromatic rings. The lowest BCUT2D eigenvalue weighted by atomic mass is 9.92. The molecule has 1 saturated heterocycles. The summed E-state index contributed by atoms with van der Waals surface area (Å²) in [5.41, 5.74) is 4.02. The van der Waals surface area contributed by atoms with Gasteiger partial charge in [0, 0.05) is 66.4 Å². The number of hydrogen-bond donors (Lipinski definition) is 0. The first-order valence-corrected chi connectivity index (χ1v) is 16.1. The lowest BCUT2D eigenvalue weighted by Gasteiger charge is -2.39. The summed E-state index contributed by atoms with van der Waals surface area (Å²) in [4.78, 5) is 22.4. The molecule has 1 aliphatic carbocycles. The van der Waals surface area contributed by atoms with Crippen LogP contribution in [0.15, 0.2) is 55.0 Å². The van der Waals surface area contributed by atoms with E-state index in [-0.39, 0.29) is 24.4 Å². The molecule has 1 saturated carbocycles. The highest BCUT2D eigenvalue weighted by atomic mass is 16.6. The number of hydrogen-bond acceptors (Lipinski definition) is 9. The fourth-order valence-corrected chi connectivity index (χ4v) is 5.66. The molecule has 0 N–H and O–H groups in total. The number of carbonyl (C=O) groups excluding carboxylic acids is 1. The summed E-state index contributed by atoms with van der Waals surface area (Å²) in [7, 11) is 2.09. The normalized spacial score (nSPS) is 18.5. The van der Waals surface area contributed by atoms with Crippen molar-refractivity contribution in [3.63, 3.8) is 0 Å². The molecule has 11 heteroatoms. The number of rotatable bonds is 14. The van der Waals surface area contributed by atoms with Crippen molar-refractivity contribution in [3.8, 4) is 17.0 Å². The van der Waals surface area contributed by atoms with Crippen molar-refractivity contribution in [2.45, 2.75) is 57.5 Å². The van der Waals surface area contributed by atoms with E-state index in [9.17, 15) is 4.79 Å². The van der Waals surface area contributed by atoms with Gasteiger partial charge < -0.3 is 37.9 Å². The summed E-state index contributed by atoms with van der Waals surface area (Å²) >= 11 is 0. The zero-order valence-corrected chi connectivity index (χ0v) is 27.1. The molecular weight excluding hydrogens is 588 g/mol. The van der Waals surface area contributed by atoms with E-state index < -0.39 is 5.60 Å². The van der Waals surface area contributed by atoms with E-state index in [2.05, 4.69) is 45.8 Å². The molecule has 1 amide bonds. The van der Waals surface area contributed by atoms with Crippen molar-refractivity contribution in [2.75, 3.05) is 52.7 Å². The van der Waals surface area contributed by atoms with Crippen LogP contribution in [0.2, 0.25) is 0 Å². The minimum Gasteiger partial charge on any atom is -0.474 e. The van der Waals surface area contributed by atoms with Crippen LogP contribution in [0.25, 0.3) is 32.9 Å². The zero-order valence-electron chi connectivity index (χ0n) is 27.1. The van der Waals surface area contributed by atoms with Crippen LogP contribution in [0.3, 0.4) is 0 Å². The monoisotopic (exact) mass is 632 g/mol. The maximum atomic E-state index is 11.9. The Kier molecular flexibility index (Phi) is 10.0. The third-order valence-electron chi connectivity index (χ3n) is 8.25. The fourth-order valence-electron chi connectivity index (χ4n) is 5.66. The van der Waals surface area contributed by atoms with Gasteiger partial charge >= 0.3 is 6.09 Å². The number of amides is 1. The van der Waals surface area contributed by atoms with E-state index in [1.165, 1.54) is 16.4 Å². The smallest absolute Gasteiger partial charge is 0.410 e. The van der Waals surface area contributed by atoms with Gasteiger partial charge in [-0.3, -0.25) is 4.98 Å². The highest BCUT2D eigenvalue weighted by molar-refractivity contribution is 6.08. The number of pyridine rings is 2. The van der Waals surface area contributed by atoms with Gasteiger partial charge in [0.15, 0.2) is 0 Å². The number of nitrogens with zero attached hydrogens (tertiary/aromatic N) is 4. The molecular formula is C35H44N4O7. The molecule has 3 aromatic heterocycles. The van der Waals surface area contributed by atoms with Crippen molar-refractivity contribution < 1.29 is 33.2 Å². The van der Waals surface area contributed by atoms with Crippen LogP contribution in [-0.2, 0) is 30.7 Å². The Morgan fingerprint density at radius 3 is 2.20 bits per heavy atom.